The molecule has 14 heavy (non-hydrogen) atoms. The predicted molar refractivity (Wildman–Crippen MR) is 62.1 cm³/mol. The van der Waals surface area contributed by atoms with Crippen molar-refractivity contribution in [3.63, 3.8) is 0 Å². The van der Waals surface area contributed by atoms with Gasteiger partial charge in [0, 0.05) is 10.4 Å². The number of benzene rings is 1. The molecular weight excluding hydrogens is 215 g/mol. The highest BCUT2D eigenvalue weighted by Gasteiger charge is 2.22. The quantitative estimate of drug-likeness (QED) is 0.663. The molecule has 0 aromatic heterocycles. The summed E-state index contributed by atoms with van der Waals surface area (Å²) >= 11 is 11.9. The van der Waals surface area contributed by atoms with Crippen LogP contribution in [0.2, 0.25) is 5.02 Å². The first kappa shape index (κ1) is 10.3. The largest absolute Gasteiger partial charge is 0.123 e. The van der Waals surface area contributed by atoms with E-state index in [0.29, 0.717) is 5.38 Å². The van der Waals surface area contributed by atoms with E-state index in [-0.39, 0.29) is 0 Å². The third kappa shape index (κ3) is 2.65. The Balaban J connectivity index is 1.94. The van der Waals surface area contributed by atoms with Gasteiger partial charge in [0.05, 0.1) is 0 Å². The number of hydrogen-bond donors (Lipinski definition) is 0. The lowest BCUT2D eigenvalue weighted by Gasteiger charge is -2.08. The van der Waals surface area contributed by atoms with Crippen LogP contribution in [0.5, 0.6) is 0 Å². The molecule has 2 heteroatoms. The average Bonchev–Trinajstić information content (AvgIpc) is 2.56. The molecule has 2 unspecified atom stereocenters. The van der Waals surface area contributed by atoms with E-state index in [1.54, 1.807) is 0 Å². The first-order chi connectivity index (χ1) is 6.74. The van der Waals surface area contributed by atoms with Gasteiger partial charge in [0.25, 0.3) is 0 Å². The number of rotatable bonds is 2. The van der Waals surface area contributed by atoms with Crippen molar-refractivity contribution >= 4 is 23.2 Å². The van der Waals surface area contributed by atoms with Gasteiger partial charge in [0.2, 0.25) is 0 Å². The van der Waals surface area contributed by atoms with Crippen molar-refractivity contribution in [1.29, 1.82) is 0 Å². The van der Waals surface area contributed by atoms with Crippen molar-refractivity contribution < 1.29 is 0 Å². The molecule has 0 aliphatic heterocycles. The van der Waals surface area contributed by atoms with E-state index in [4.69, 9.17) is 23.2 Å². The van der Waals surface area contributed by atoms with Gasteiger partial charge in [0.15, 0.2) is 0 Å². The van der Waals surface area contributed by atoms with Crippen LogP contribution >= 0.6 is 23.2 Å². The van der Waals surface area contributed by atoms with Crippen LogP contribution < -0.4 is 0 Å². The molecule has 0 heterocycles. The summed E-state index contributed by atoms with van der Waals surface area (Å²) in [5, 5.41) is 1.22. The molecule has 0 bridgehead atoms. The van der Waals surface area contributed by atoms with Gasteiger partial charge >= 0.3 is 0 Å². The first-order valence-electron chi connectivity index (χ1n) is 5.12. The van der Waals surface area contributed by atoms with Crippen LogP contribution in [-0.2, 0) is 6.42 Å². The van der Waals surface area contributed by atoms with Gasteiger partial charge in [-0.3, -0.25) is 0 Å². The minimum Gasteiger partial charge on any atom is -0.123 e. The molecule has 0 radical (unpaired) electrons. The molecule has 76 valence electrons. The Morgan fingerprint density at radius 2 is 1.86 bits per heavy atom. The summed E-state index contributed by atoms with van der Waals surface area (Å²) in [6, 6.07) is 8.15. The smallest absolute Gasteiger partial charge is 0.0406 e. The summed E-state index contributed by atoms with van der Waals surface area (Å²) in [5.41, 5.74) is 1.38. The Kier molecular flexibility index (Phi) is 3.35. The zero-order valence-corrected chi connectivity index (χ0v) is 9.56. The summed E-state index contributed by atoms with van der Waals surface area (Å²) in [5.74, 6) is 0.777. The van der Waals surface area contributed by atoms with Crippen LogP contribution in [0.15, 0.2) is 24.3 Å². The minimum atomic E-state index is 0.410. The van der Waals surface area contributed by atoms with Gasteiger partial charge in [-0.05, 0) is 49.3 Å². The van der Waals surface area contributed by atoms with Crippen LogP contribution in [0.1, 0.15) is 24.8 Å². The van der Waals surface area contributed by atoms with E-state index in [1.165, 1.54) is 24.8 Å². The number of halogens is 2. The molecule has 1 saturated carbocycles. The molecular formula is C12H14Cl2. The van der Waals surface area contributed by atoms with E-state index >= 15 is 0 Å². The molecule has 1 aromatic carbocycles. The highest BCUT2D eigenvalue weighted by molar-refractivity contribution is 6.30. The third-order valence-corrected chi connectivity index (χ3v) is 3.56. The topological polar surface area (TPSA) is 0 Å². The molecule has 2 rings (SSSR count). The molecule has 0 N–H and O–H groups in total. The van der Waals surface area contributed by atoms with E-state index in [1.807, 2.05) is 12.1 Å². The molecule has 1 aliphatic carbocycles. The minimum absolute atomic E-state index is 0.410. The summed E-state index contributed by atoms with van der Waals surface area (Å²) in [6.45, 7) is 0. The SMILES string of the molecule is Clc1ccc(CC2CCC(Cl)C2)cc1. The molecule has 2 atom stereocenters. The van der Waals surface area contributed by atoms with Gasteiger partial charge in [0.1, 0.15) is 0 Å². The lowest BCUT2D eigenvalue weighted by Crippen LogP contribution is -2.00. The number of alkyl halides is 1. The maximum atomic E-state index is 6.08. The molecule has 0 spiro atoms. The van der Waals surface area contributed by atoms with Crippen molar-refractivity contribution in [2.75, 3.05) is 0 Å². The van der Waals surface area contributed by atoms with Crippen molar-refractivity contribution in [2.24, 2.45) is 5.92 Å². The summed E-state index contributed by atoms with van der Waals surface area (Å²) in [4.78, 5) is 0. The Bertz CT molecular complexity index is 292. The van der Waals surface area contributed by atoms with Gasteiger partial charge in [-0.15, -0.1) is 11.6 Å². The van der Waals surface area contributed by atoms with Gasteiger partial charge in [-0.1, -0.05) is 23.7 Å². The zero-order chi connectivity index (χ0) is 9.97. The van der Waals surface area contributed by atoms with E-state index in [2.05, 4.69) is 12.1 Å². The van der Waals surface area contributed by atoms with Crippen LogP contribution in [0.25, 0.3) is 0 Å². The molecule has 0 saturated heterocycles. The van der Waals surface area contributed by atoms with Crippen LogP contribution in [0, 0.1) is 5.92 Å². The Labute approximate surface area is 95.2 Å². The highest BCUT2D eigenvalue weighted by Crippen LogP contribution is 2.31. The van der Waals surface area contributed by atoms with E-state index in [9.17, 15) is 0 Å². The van der Waals surface area contributed by atoms with Gasteiger partial charge in [-0.2, -0.15) is 0 Å². The Morgan fingerprint density at radius 3 is 2.43 bits per heavy atom. The van der Waals surface area contributed by atoms with Gasteiger partial charge < -0.3 is 0 Å². The zero-order valence-electron chi connectivity index (χ0n) is 8.05. The maximum absolute atomic E-state index is 6.08. The van der Waals surface area contributed by atoms with Gasteiger partial charge in [-0.25, -0.2) is 0 Å². The maximum Gasteiger partial charge on any atom is 0.0406 e. The fourth-order valence-electron chi connectivity index (χ4n) is 2.15. The second kappa shape index (κ2) is 4.55. The first-order valence-corrected chi connectivity index (χ1v) is 5.94. The lowest BCUT2D eigenvalue weighted by molar-refractivity contribution is 0.547. The second-order valence-electron chi connectivity index (χ2n) is 4.11. The van der Waals surface area contributed by atoms with Crippen LogP contribution in [0.3, 0.4) is 0 Å². The fourth-order valence-corrected chi connectivity index (χ4v) is 2.66. The van der Waals surface area contributed by atoms with E-state index < -0.39 is 0 Å². The monoisotopic (exact) mass is 228 g/mol. The molecule has 0 nitrogen and oxygen atoms in total. The lowest BCUT2D eigenvalue weighted by atomic mass is 9.98. The Morgan fingerprint density at radius 1 is 1.14 bits per heavy atom. The molecule has 1 aromatic rings. The molecule has 0 amide bonds. The summed E-state index contributed by atoms with van der Waals surface area (Å²) < 4.78 is 0. The molecule has 1 aliphatic rings. The summed E-state index contributed by atoms with van der Waals surface area (Å²) in [7, 11) is 0. The average molecular weight is 229 g/mol. The van der Waals surface area contributed by atoms with Crippen molar-refractivity contribution in [3.8, 4) is 0 Å². The Hall–Kier alpha value is -0.200. The molecule has 1 fully saturated rings. The van der Waals surface area contributed by atoms with Crippen molar-refractivity contribution in [3.05, 3.63) is 34.9 Å². The normalized spacial score (nSPS) is 26.7. The van der Waals surface area contributed by atoms with E-state index in [0.717, 1.165) is 17.4 Å². The number of hydrogen-bond acceptors (Lipinski definition) is 0. The standard InChI is InChI=1S/C12H14Cl2/c13-11-4-1-9(2-5-11)7-10-3-6-12(14)8-10/h1-2,4-5,10,12H,3,6-8H2. The highest BCUT2D eigenvalue weighted by atomic mass is 35.5. The van der Waals surface area contributed by atoms with Crippen LogP contribution in [-0.4, -0.2) is 5.38 Å². The van der Waals surface area contributed by atoms with Crippen LogP contribution in [0.4, 0.5) is 0 Å². The third-order valence-electron chi connectivity index (χ3n) is 2.91. The second-order valence-corrected chi connectivity index (χ2v) is 5.16. The summed E-state index contributed by atoms with van der Waals surface area (Å²) in [6.07, 6.45) is 4.78. The van der Waals surface area contributed by atoms with Crippen molar-refractivity contribution in [1.82, 2.24) is 0 Å². The predicted octanol–water partition coefficient (Wildman–Crippen LogP) is 4.29. The van der Waals surface area contributed by atoms with Crippen molar-refractivity contribution in [2.45, 2.75) is 31.1 Å². The fraction of sp³-hybridized carbons (Fsp3) is 0.500.